The molecule has 0 amide bonds. The largest absolute Gasteiger partial charge is 0.426 e. The number of esters is 1. The smallest absolute Gasteiger partial charge is 0.314 e. The molecule has 0 spiro atoms. The zero-order valence-corrected chi connectivity index (χ0v) is 12.0. The van der Waals surface area contributed by atoms with Crippen LogP contribution in [0.4, 0.5) is 0 Å². The van der Waals surface area contributed by atoms with Crippen LogP contribution in [0, 0.1) is 19.8 Å². The van der Waals surface area contributed by atoms with E-state index in [4.69, 9.17) is 4.74 Å². The van der Waals surface area contributed by atoms with Crippen LogP contribution < -0.4 is 4.74 Å². The summed E-state index contributed by atoms with van der Waals surface area (Å²) in [5, 5.41) is 0. The van der Waals surface area contributed by atoms with E-state index in [1.165, 1.54) is 0 Å². The van der Waals surface area contributed by atoms with Crippen LogP contribution >= 0.6 is 0 Å². The maximum absolute atomic E-state index is 12.1. The highest BCUT2D eigenvalue weighted by atomic mass is 16.5. The zero-order valence-electron chi connectivity index (χ0n) is 12.0. The van der Waals surface area contributed by atoms with Crippen LogP contribution in [0.25, 0.3) is 0 Å². The Morgan fingerprint density at radius 1 is 1.28 bits per heavy atom. The first-order chi connectivity index (χ1) is 8.58. The number of benzene rings is 1. The molecule has 1 aromatic rings. The highest BCUT2D eigenvalue weighted by Gasteiger charge is 2.18. The molecule has 0 saturated heterocycles. The van der Waals surface area contributed by atoms with E-state index >= 15 is 0 Å². The Bertz CT molecular complexity index is 396. The lowest BCUT2D eigenvalue weighted by Gasteiger charge is -2.15. The second kappa shape index (κ2) is 7.20. The monoisotopic (exact) mass is 248 g/mol. The van der Waals surface area contributed by atoms with Crippen LogP contribution in [0.5, 0.6) is 5.75 Å². The van der Waals surface area contributed by atoms with Crippen LogP contribution in [0.15, 0.2) is 18.2 Å². The van der Waals surface area contributed by atoms with Gasteiger partial charge in [0.05, 0.1) is 5.92 Å². The summed E-state index contributed by atoms with van der Waals surface area (Å²) in [5.41, 5.74) is 2.13. The Balaban J connectivity index is 2.70. The van der Waals surface area contributed by atoms with E-state index < -0.39 is 0 Å². The van der Waals surface area contributed by atoms with Crippen LogP contribution in [0.2, 0.25) is 0 Å². The number of aryl methyl sites for hydroxylation is 2. The molecule has 0 heterocycles. The molecular weight excluding hydrogens is 224 g/mol. The molecule has 0 aliphatic heterocycles. The van der Waals surface area contributed by atoms with Crippen molar-refractivity contribution in [3.63, 3.8) is 0 Å². The Labute approximate surface area is 110 Å². The van der Waals surface area contributed by atoms with Crippen molar-refractivity contribution in [2.24, 2.45) is 5.92 Å². The summed E-state index contributed by atoms with van der Waals surface area (Å²) >= 11 is 0. The van der Waals surface area contributed by atoms with E-state index in [2.05, 4.69) is 6.92 Å². The summed E-state index contributed by atoms with van der Waals surface area (Å²) in [6, 6.07) is 5.95. The number of hydrogen-bond donors (Lipinski definition) is 0. The van der Waals surface area contributed by atoms with Crippen molar-refractivity contribution in [2.45, 2.75) is 53.4 Å². The molecule has 1 unspecified atom stereocenters. The van der Waals surface area contributed by atoms with E-state index in [1.54, 1.807) is 0 Å². The fourth-order valence-corrected chi connectivity index (χ4v) is 1.95. The fraction of sp³-hybridized carbons (Fsp3) is 0.562. The second-order valence-electron chi connectivity index (χ2n) is 4.94. The van der Waals surface area contributed by atoms with Gasteiger partial charge in [0, 0.05) is 0 Å². The number of unbranched alkanes of at least 4 members (excludes halogenated alkanes) is 1. The van der Waals surface area contributed by atoms with E-state index in [1.807, 2.05) is 39.0 Å². The van der Waals surface area contributed by atoms with Gasteiger partial charge < -0.3 is 4.74 Å². The van der Waals surface area contributed by atoms with Gasteiger partial charge in [-0.1, -0.05) is 38.8 Å². The van der Waals surface area contributed by atoms with Gasteiger partial charge in [0.15, 0.2) is 0 Å². The predicted molar refractivity (Wildman–Crippen MR) is 74.9 cm³/mol. The third kappa shape index (κ3) is 4.17. The van der Waals surface area contributed by atoms with Gasteiger partial charge in [-0.15, -0.1) is 0 Å². The first-order valence-electron chi connectivity index (χ1n) is 6.87. The van der Waals surface area contributed by atoms with Crippen LogP contribution in [0.3, 0.4) is 0 Å². The third-order valence-corrected chi connectivity index (χ3v) is 3.29. The fourth-order valence-electron chi connectivity index (χ4n) is 1.95. The standard InChI is InChI=1S/C16H24O2/c1-5-7-8-14(6-2)16(17)18-15-11-12(3)9-10-13(15)4/h9-11,14H,5-8H2,1-4H3. The van der Waals surface area contributed by atoms with Crippen molar-refractivity contribution in [3.05, 3.63) is 29.3 Å². The van der Waals surface area contributed by atoms with Gasteiger partial charge in [0.1, 0.15) is 5.75 Å². The number of carbonyl (C=O) groups is 1. The summed E-state index contributed by atoms with van der Waals surface area (Å²) in [7, 11) is 0. The molecule has 0 N–H and O–H groups in total. The van der Waals surface area contributed by atoms with Crippen molar-refractivity contribution < 1.29 is 9.53 Å². The first kappa shape index (κ1) is 14.7. The lowest BCUT2D eigenvalue weighted by molar-refractivity contribution is -0.139. The minimum atomic E-state index is -0.0837. The van der Waals surface area contributed by atoms with Crippen molar-refractivity contribution in [2.75, 3.05) is 0 Å². The van der Waals surface area contributed by atoms with Gasteiger partial charge in [-0.05, 0) is 43.9 Å². The molecule has 0 saturated carbocycles. The molecular formula is C16H24O2. The molecule has 0 radical (unpaired) electrons. The van der Waals surface area contributed by atoms with Crippen LogP contribution in [0.1, 0.15) is 50.7 Å². The Hall–Kier alpha value is -1.31. The van der Waals surface area contributed by atoms with E-state index in [0.29, 0.717) is 5.75 Å². The molecule has 0 bridgehead atoms. The van der Waals surface area contributed by atoms with Crippen molar-refractivity contribution in [1.29, 1.82) is 0 Å². The zero-order chi connectivity index (χ0) is 13.5. The topological polar surface area (TPSA) is 26.3 Å². The highest BCUT2D eigenvalue weighted by Crippen LogP contribution is 2.22. The lowest BCUT2D eigenvalue weighted by Crippen LogP contribution is -2.20. The van der Waals surface area contributed by atoms with Crippen molar-refractivity contribution in [1.82, 2.24) is 0 Å². The minimum Gasteiger partial charge on any atom is -0.426 e. The first-order valence-corrected chi connectivity index (χ1v) is 6.87. The average Bonchev–Trinajstić information content (AvgIpc) is 2.35. The van der Waals surface area contributed by atoms with Crippen LogP contribution in [-0.2, 0) is 4.79 Å². The predicted octanol–water partition coefficient (Wildman–Crippen LogP) is 4.43. The lowest BCUT2D eigenvalue weighted by atomic mass is 10.00. The molecule has 1 atom stereocenters. The number of hydrogen-bond acceptors (Lipinski definition) is 2. The summed E-state index contributed by atoms with van der Waals surface area (Å²) in [5.74, 6) is 0.652. The van der Waals surface area contributed by atoms with Gasteiger partial charge in [-0.2, -0.15) is 0 Å². The maximum atomic E-state index is 12.1. The molecule has 0 aromatic heterocycles. The highest BCUT2D eigenvalue weighted by molar-refractivity contribution is 5.75. The number of carbonyl (C=O) groups excluding carboxylic acids is 1. The van der Waals surface area contributed by atoms with Crippen molar-refractivity contribution >= 4 is 5.97 Å². The van der Waals surface area contributed by atoms with Gasteiger partial charge >= 0.3 is 5.97 Å². The molecule has 100 valence electrons. The summed E-state index contributed by atoms with van der Waals surface area (Å²) in [4.78, 5) is 12.1. The van der Waals surface area contributed by atoms with Gasteiger partial charge in [0.25, 0.3) is 0 Å². The quantitative estimate of drug-likeness (QED) is 0.550. The Morgan fingerprint density at radius 2 is 2.00 bits per heavy atom. The van der Waals surface area contributed by atoms with E-state index in [0.717, 1.165) is 36.8 Å². The minimum absolute atomic E-state index is 0.0323. The van der Waals surface area contributed by atoms with Gasteiger partial charge in [0.2, 0.25) is 0 Å². The average molecular weight is 248 g/mol. The van der Waals surface area contributed by atoms with E-state index in [9.17, 15) is 4.79 Å². The molecule has 18 heavy (non-hydrogen) atoms. The summed E-state index contributed by atoms with van der Waals surface area (Å²) in [6.45, 7) is 8.16. The molecule has 0 aliphatic rings. The molecule has 2 heteroatoms. The van der Waals surface area contributed by atoms with Crippen LogP contribution in [-0.4, -0.2) is 5.97 Å². The van der Waals surface area contributed by atoms with E-state index in [-0.39, 0.29) is 11.9 Å². The Kier molecular flexibility index (Phi) is 5.90. The normalized spacial score (nSPS) is 12.2. The molecule has 0 aliphatic carbocycles. The molecule has 2 nitrogen and oxygen atoms in total. The van der Waals surface area contributed by atoms with Gasteiger partial charge in [-0.3, -0.25) is 4.79 Å². The summed E-state index contributed by atoms with van der Waals surface area (Å²) in [6.07, 6.45) is 3.98. The summed E-state index contributed by atoms with van der Waals surface area (Å²) < 4.78 is 5.54. The maximum Gasteiger partial charge on any atom is 0.314 e. The SMILES string of the molecule is CCCCC(CC)C(=O)Oc1cc(C)ccc1C. The number of rotatable bonds is 6. The molecule has 1 rings (SSSR count). The number of ether oxygens (including phenoxy) is 1. The second-order valence-corrected chi connectivity index (χ2v) is 4.94. The van der Waals surface area contributed by atoms with Gasteiger partial charge in [-0.25, -0.2) is 0 Å². The third-order valence-electron chi connectivity index (χ3n) is 3.29. The van der Waals surface area contributed by atoms with Crippen molar-refractivity contribution in [3.8, 4) is 5.75 Å². The molecule has 1 aromatic carbocycles. The molecule has 0 fully saturated rings. The Morgan fingerprint density at radius 3 is 2.61 bits per heavy atom.